The maximum atomic E-state index is 11.0. The summed E-state index contributed by atoms with van der Waals surface area (Å²) in [6, 6.07) is 3.17. The standard InChI is InChI=1S/C13H16ClNO2Si/c1-15-11-6-5-10(13(16)17)12(14)9(11)7-8-18(2,3)4/h5-6,15H,1-4H3,(H,16,17). The molecule has 0 saturated heterocycles. The lowest BCUT2D eigenvalue weighted by atomic mass is 10.1. The second-order valence-corrected chi connectivity index (χ2v) is 10.0. The van der Waals surface area contributed by atoms with Crippen LogP contribution in [-0.4, -0.2) is 26.2 Å². The Morgan fingerprint density at radius 3 is 2.44 bits per heavy atom. The number of hydrogen-bond acceptors (Lipinski definition) is 2. The topological polar surface area (TPSA) is 49.3 Å². The molecule has 18 heavy (non-hydrogen) atoms. The lowest BCUT2D eigenvalue weighted by Gasteiger charge is -2.09. The van der Waals surface area contributed by atoms with Crippen molar-refractivity contribution in [2.75, 3.05) is 12.4 Å². The van der Waals surface area contributed by atoms with Gasteiger partial charge in [0.15, 0.2) is 0 Å². The SMILES string of the molecule is CNc1ccc(C(=O)O)c(Cl)c1C#C[Si](C)(C)C. The molecular formula is C13H16ClNO2Si. The first kappa shape index (κ1) is 14.6. The van der Waals surface area contributed by atoms with Gasteiger partial charge in [0.05, 0.1) is 21.8 Å². The molecular weight excluding hydrogens is 266 g/mol. The Morgan fingerprint density at radius 1 is 1.39 bits per heavy atom. The zero-order chi connectivity index (χ0) is 13.9. The molecule has 0 radical (unpaired) electrons. The number of carbonyl (C=O) groups is 1. The van der Waals surface area contributed by atoms with Crippen LogP contribution in [0.1, 0.15) is 15.9 Å². The lowest BCUT2D eigenvalue weighted by Crippen LogP contribution is -2.16. The summed E-state index contributed by atoms with van der Waals surface area (Å²) in [5.74, 6) is 1.98. The third kappa shape index (κ3) is 3.52. The zero-order valence-electron chi connectivity index (χ0n) is 10.9. The molecule has 5 heteroatoms. The van der Waals surface area contributed by atoms with Crippen LogP contribution in [0.2, 0.25) is 24.7 Å². The van der Waals surface area contributed by atoms with E-state index in [0.29, 0.717) is 5.56 Å². The van der Waals surface area contributed by atoms with Gasteiger partial charge in [0.2, 0.25) is 0 Å². The second-order valence-electron chi connectivity index (χ2n) is 4.90. The van der Waals surface area contributed by atoms with Crippen molar-refractivity contribution in [2.24, 2.45) is 0 Å². The molecule has 0 aliphatic heterocycles. The van der Waals surface area contributed by atoms with E-state index in [1.807, 2.05) is 0 Å². The normalized spacial score (nSPS) is 10.5. The first-order valence-corrected chi connectivity index (χ1v) is 9.41. The summed E-state index contributed by atoms with van der Waals surface area (Å²) in [4.78, 5) is 11.0. The van der Waals surface area contributed by atoms with Crippen LogP contribution in [0.25, 0.3) is 0 Å². The summed E-state index contributed by atoms with van der Waals surface area (Å²) in [7, 11) is 0.218. The average molecular weight is 282 g/mol. The highest BCUT2D eigenvalue weighted by molar-refractivity contribution is 6.83. The fraction of sp³-hybridized carbons (Fsp3) is 0.308. The number of anilines is 1. The van der Waals surface area contributed by atoms with Crippen molar-refractivity contribution in [1.82, 2.24) is 0 Å². The highest BCUT2D eigenvalue weighted by Gasteiger charge is 2.15. The van der Waals surface area contributed by atoms with Crippen LogP contribution in [0, 0.1) is 11.5 Å². The van der Waals surface area contributed by atoms with Gasteiger partial charge in [-0.2, -0.15) is 0 Å². The predicted molar refractivity (Wildman–Crippen MR) is 78.2 cm³/mol. The Labute approximate surface area is 113 Å². The molecule has 1 aromatic carbocycles. The van der Waals surface area contributed by atoms with Crippen LogP contribution in [0.15, 0.2) is 12.1 Å². The molecule has 0 aliphatic rings. The van der Waals surface area contributed by atoms with Gasteiger partial charge in [-0.1, -0.05) is 37.2 Å². The number of rotatable bonds is 2. The van der Waals surface area contributed by atoms with Gasteiger partial charge in [-0.05, 0) is 12.1 Å². The molecule has 1 rings (SSSR count). The van der Waals surface area contributed by atoms with Crippen LogP contribution < -0.4 is 5.32 Å². The molecule has 1 aromatic rings. The number of halogens is 1. The predicted octanol–water partition coefficient (Wildman–Crippen LogP) is 3.31. The van der Waals surface area contributed by atoms with E-state index in [1.54, 1.807) is 13.1 Å². The smallest absolute Gasteiger partial charge is 0.337 e. The Morgan fingerprint density at radius 2 is 2.00 bits per heavy atom. The Balaban J connectivity index is 3.43. The molecule has 0 fully saturated rings. The molecule has 0 aromatic heterocycles. The summed E-state index contributed by atoms with van der Waals surface area (Å²) in [6.45, 7) is 6.36. The van der Waals surface area contributed by atoms with Crippen LogP contribution in [-0.2, 0) is 0 Å². The molecule has 3 nitrogen and oxygen atoms in total. The van der Waals surface area contributed by atoms with Gasteiger partial charge in [-0.3, -0.25) is 0 Å². The first-order valence-electron chi connectivity index (χ1n) is 5.53. The van der Waals surface area contributed by atoms with Crippen LogP contribution in [0.4, 0.5) is 5.69 Å². The van der Waals surface area contributed by atoms with Gasteiger partial charge in [0.25, 0.3) is 0 Å². The number of hydrogen-bond donors (Lipinski definition) is 2. The van der Waals surface area contributed by atoms with Crippen molar-refractivity contribution in [1.29, 1.82) is 0 Å². The Bertz CT molecular complexity index is 538. The third-order valence-electron chi connectivity index (χ3n) is 2.20. The van der Waals surface area contributed by atoms with Gasteiger partial charge in [-0.15, -0.1) is 5.54 Å². The molecule has 0 atom stereocenters. The van der Waals surface area contributed by atoms with Gasteiger partial charge >= 0.3 is 5.97 Å². The summed E-state index contributed by atoms with van der Waals surface area (Å²) in [6.07, 6.45) is 0. The molecule has 0 aliphatic carbocycles. The van der Waals surface area contributed by atoms with E-state index in [4.69, 9.17) is 16.7 Å². The van der Waals surface area contributed by atoms with E-state index in [9.17, 15) is 4.79 Å². The monoisotopic (exact) mass is 281 g/mol. The Kier molecular flexibility index (Phi) is 4.44. The van der Waals surface area contributed by atoms with Crippen molar-refractivity contribution in [3.05, 3.63) is 28.3 Å². The number of carboxylic acids is 1. The minimum absolute atomic E-state index is 0.0792. The molecule has 2 N–H and O–H groups in total. The number of benzene rings is 1. The van der Waals surface area contributed by atoms with Crippen molar-refractivity contribution in [3.63, 3.8) is 0 Å². The van der Waals surface area contributed by atoms with Crippen molar-refractivity contribution >= 4 is 31.3 Å². The summed E-state index contributed by atoms with van der Waals surface area (Å²) < 4.78 is 0. The highest BCUT2D eigenvalue weighted by Crippen LogP contribution is 2.27. The first-order chi connectivity index (χ1) is 8.26. The van der Waals surface area contributed by atoms with Crippen molar-refractivity contribution in [3.8, 4) is 11.5 Å². The largest absolute Gasteiger partial charge is 0.478 e. The molecule has 0 spiro atoms. The Hall–Kier alpha value is -1.44. The quantitative estimate of drug-likeness (QED) is 0.646. The van der Waals surface area contributed by atoms with Crippen LogP contribution in [0.5, 0.6) is 0 Å². The second kappa shape index (κ2) is 5.47. The number of aromatic carboxylic acids is 1. The van der Waals surface area contributed by atoms with E-state index in [0.717, 1.165) is 5.69 Å². The molecule has 0 amide bonds. The fourth-order valence-corrected chi connectivity index (χ4v) is 2.11. The van der Waals surface area contributed by atoms with E-state index in [-0.39, 0.29) is 10.6 Å². The number of carboxylic acid groups (broad SMARTS) is 1. The third-order valence-corrected chi connectivity index (χ3v) is 3.47. The zero-order valence-corrected chi connectivity index (χ0v) is 12.6. The van der Waals surface area contributed by atoms with E-state index in [1.165, 1.54) is 6.07 Å². The molecule has 0 unspecified atom stereocenters. The van der Waals surface area contributed by atoms with Gasteiger partial charge in [0.1, 0.15) is 8.07 Å². The van der Waals surface area contributed by atoms with Crippen LogP contribution >= 0.6 is 11.6 Å². The minimum Gasteiger partial charge on any atom is -0.478 e. The van der Waals surface area contributed by atoms with E-state index < -0.39 is 14.0 Å². The summed E-state index contributed by atoms with van der Waals surface area (Å²) in [5.41, 5.74) is 4.57. The lowest BCUT2D eigenvalue weighted by molar-refractivity contribution is 0.0697. The molecule has 0 saturated carbocycles. The molecule has 96 valence electrons. The minimum atomic E-state index is -1.54. The van der Waals surface area contributed by atoms with Gasteiger partial charge < -0.3 is 10.4 Å². The van der Waals surface area contributed by atoms with Gasteiger partial charge in [-0.25, -0.2) is 4.79 Å². The molecule has 0 heterocycles. The van der Waals surface area contributed by atoms with E-state index >= 15 is 0 Å². The van der Waals surface area contributed by atoms with Crippen molar-refractivity contribution in [2.45, 2.75) is 19.6 Å². The highest BCUT2D eigenvalue weighted by atomic mass is 35.5. The average Bonchev–Trinajstić information content (AvgIpc) is 2.25. The maximum Gasteiger partial charge on any atom is 0.337 e. The maximum absolute atomic E-state index is 11.0. The van der Waals surface area contributed by atoms with Crippen LogP contribution in [0.3, 0.4) is 0 Å². The fourth-order valence-electron chi connectivity index (χ4n) is 1.32. The summed E-state index contributed by atoms with van der Waals surface area (Å²) in [5, 5.41) is 12.2. The van der Waals surface area contributed by atoms with E-state index in [2.05, 4.69) is 36.4 Å². The molecule has 0 bridgehead atoms. The van der Waals surface area contributed by atoms with Gasteiger partial charge in [0, 0.05) is 7.05 Å². The summed E-state index contributed by atoms with van der Waals surface area (Å²) >= 11 is 6.11. The van der Waals surface area contributed by atoms with Crippen molar-refractivity contribution < 1.29 is 9.90 Å². The number of nitrogens with one attached hydrogen (secondary N) is 1.